The van der Waals surface area contributed by atoms with Crippen molar-refractivity contribution in [2.75, 3.05) is 26.7 Å². The molecule has 1 aromatic heterocycles. The van der Waals surface area contributed by atoms with Gasteiger partial charge >= 0.3 is 5.97 Å². The zero-order chi connectivity index (χ0) is 26.0. The van der Waals surface area contributed by atoms with Crippen LogP contribution in [0.5, 0.6) is 5.75 Å². The summed E-state index contributed by atoms with van der Waals surface area (Å²) >= 11 is 0. The Morgan fingerprint density at radius 3 is 2.76 bits per heavy atom. The molecule has 0 unspecified atom stereocenters. The molecular formula is C31H39FN2O3. The van der Waals surface area contributed by atoms with Gasteiger partial charge in [-0.1, -0.05) is 30.3 Å². The Morgan fingerprint density at radius 1 is 1.14 bits per heavy atom. The summed E-state index contributed by atoms with van der Waals surface area (Å²) in [5.74, 6) is 0.583. The lowest BCUT2D eigenvalue weighted by Crippen LogP contribution is -2.41. The van der Waals surface area contributed by atoms with Gasteiger partial charge in [0.25, 0.3) is 0 Å². The van der Waals surface area contributed by atoms with Gasteiger partial charge in [-0.25, -0.2) is 4.39 Å². The van der Waals surface area contributed by atoms with E-state index in [0.717, 1.165) is 62.6 Å². The number of aromatic nitrogens is 1. The fraction of sp³-hybridized carbons (Fsp3) is 0.484. The van der Waals surface area contributed by atoms with Crippen LogP contribution in [-0.4, -0.2) is 47.7 Å². The fourth-order valence-corrected chi connectivity index (χ4v) is 5.75. The molecule has 5 nitrogen and oxygen atoms in total. The lowest BCUT2D eigenvalue weighted by molar-refractivity contribution is -0.137. The largest absolute Gasteiger partial charge is 0.497 e. The number of hydrogen-bond donors (Lipinski definition) is 1. The molecule has 4 rings (SSSR count). The number of aryl methyl sites for hydroxylation is 1. The van der Waals surface area contributed by atoms with Crippen LogP contribution >= 0.6 is 0 Å². The molecule has 1 aliphatic rings. The minimum atomic E-state index is -1.09. The molecule has 0 bridgehead atoms. The Morgan fingerprint density at radius 2 is 1.97 bits per heavy atom. The van der Waals surface area contributed by atoms with Crippen LogP contribution in [0.4, 0.5) is 4.39 Å². The maximum atomic E-state index is 15.5. The van der Waals surface area contributed by atoms with Gasteiger partial charge in [-0.15, -0.1) is 0 Å². The van der Waals surface area contributed by atoms with Gasteiger partial charge in [0.15, 0.2) is 0 Å². The highest BCUT2D eigenvalue weighted by molar-refractivity contribution is 5.83. The van der Waals surface area contributed by atoms with Crippen molar-refractivity contribution in [1.82, 2.24) is 9.88 Å². The van der Waals surface area contributed by atoms with Crippen molar-refractivity contribution >= 4 is 16.9 Å². The van der Waals surface area contributed by atoms with Gasteiger partial charge in [0.1, 0.15) is 11.9 Å². The van der Waals surface area contributed by atoms with Gasteiger partial charge in [0.05, 0.1) is 12.6 Å². The zero-order valence-corrected chi connectivity index (χ0v) is 21.8. The number of ether oxygens (including phenoxy) is 1. The molecule has 0 amide bonds. The van der Waals surface area contributed by atoms with E-state index in [1.807, 2.05) is 24.3 Å². The molecule has 1 aliphatic heterocycles. The van der Waals surface area contributed by atoms with Crippen LogP contribution in [0.2, 0.25) is 0 Å². The second-order valence-electron chi connectivity index (χ2n) is 10.3. The summed E-state index contributed by atoms with van der Waals surface area (Å²) in [5, 5.41) is 10.1. The van der Waals surface area contributed by atoms with Gasteiger partial charge < -0.3 is 14.7 Å². The van der Waals surface area contributed by atoms with E-state index in [2.05, 4.69) is 34.1 Å². The first-order chi connectivity index (χ1) is 18.0. The minimum Gasteiger partial charge on any atom is -0.497 e. The summed E-state index contributed by atoms with van der Waals surface area (Å²) in [6, 6.07) is 17.9. The highest BCUT2D eigenvalue weighted by atomic mass is 19.1. The van der Waals surface area contributed by atoms with Crippen LogP contribution in [0.3, 0.4) is 0 Å². The molecule has 1 fully saturated rings. The number of piperidine rings is 1. The molecule has 6 heteroatoms. The number of nitrogens with zero attached hydrogens (tertiary/aromatic N) is 2. The predicted molar refractivity (Wildman–Crippen MR) is 146 cm³/mol. The van der Waals surface area contributed by atoms with Crippen molar-refractivity contribution in [1.29, 1.82) is 0 Å². The number of rotatable bonds is 13. The fourth-order valence-electron chi connectivity index (χ4n) is 5.75. The van der Waals surface area contributed by atoms with Gasteiger partial charge in [-0.05, 0) is 105 Å². The number of alkyl halides is 1. The van der Waals surface area contributed by atoms with Crippen molar-refractivity contribution in [2.24, 2.45) is 11.8 Å². The standard InChI is InChI=1S/C31H39FN2O3/c1-37-26-12-14-30-28(21-26)27(16-18-33-30)29(32)13-10-24-17-20-34(22-25(24)11-15-31(35)36)19-6-5-9-23-7-3-2-4-8-23/h2-4,7-8,12,14,16,18,21,24-25,29H,5-6,9-11,13,15,17,19-20,22H2,1H3,(H,35,36)/t24-,25-,29-/m1/s1. The summed E-state index contributed by atoms with van der Waals surface area (Å²) in [4.78, 5) is 18.2. The number of hydrogen-bond acceptors (Lipinski definition) is 4. The molecule has 0 radical (unpaired) electrons. The van der Waals surface area contributed by atoms with E-state index in [-0.39, 0.29) is 6.42 Å². The van der Waals surface area contributed by atoms with Crippen molar-refractivity contribution in [3.05, 3.63) is 71.9 Å². The average Bonchev–Trinajstić information content (AvgIpc) is 2.93. The third-order valence-electron chi connectivity index (χ3n) is 7.85. The van der Waals surface area contributed by atoms with Crippen molar-refractivity contribution in [3.63, 3.8) is 0 Å². The van der Waals surface area contributed by atoms with Gasteiger partial charge in [0, 0.05) is 24.5 Å². The monoisotopic (exact) mass is 506 g/mol. The maximum absolute atomic E-state index is 15.5. The highest BCUT2D eigenvalue weighted by Crippen LogP contribution is 2.36. The smallest absolute Gasteiger partial charge is 0.303 e. The van der Waals surface area contributed by atoms with Gasteiger partial charge in [-0.3, -0.25) is 9.78 Å². The molecule has 0 aliphatic carbocycles. The first-order valence-corrected chi connectivity index (χ1v) is 13.6. The van der Waals surface area contributed by atoms with E-state index in [9.17, 15) is 9.90 Å². The first-order valence-electron chi connectivity index (χ1n) is 13.6. The highest BCUT2D eigenvalue weighted by Gasteiger charge is 2.30. The number of fused-ring (bicyclic) bond motifs is 1. The predicted octanol–water partition coefficient (Wildman–Crippen LogP) is 6.86. The molecule has 1 saturated heterocycles. The Labute approximate surface area is 219 Å². The lowest BCUT2D eigenvalue weighted by atomic mass is 9.79. The Balaban J connectivity index is 1.32. The topological polar surface area (TPSA) is 62.7 Å². The maximum Gasteiger partial charge on any atom is 0.303 e. The molecule has 0 spiro atoms. The second kappa shape index (κ2) is 13.5. The van der Waals surface area contributed by atoms with Crippen LogP contribution in [0.1, 0.15) is 62.2 Å². The molecule has 0 saturated carbocycles. The van der Waals surface area contributed by atoms with Crippen LogP contribution in [0.15, 0.2) is 60.8 Å². The summed E-state index contributed by atoms with van der Waals surface area (Å²) in [5.41, 5.74) is 2.80. The van der Waals surface area contributed by atoms with Crippen LogP contribution in [0, 0.1) is 11.8 Å². The minimum absolute atomic E-state index is 0.177. The number of carboxylic acids is 1. The SMILES string of the molecule is COc1ccc2nccc([C@H](F)CC[C@@H]3CCN(CCCCc4ccccc4)C[C@H]3CCC(=O)O)c2c1. The molecule has 1 N–H and O–H groups in total. The number of halogens is 1. The van der Waals surface area contributed by atoms with E-state index in [1.54, 1.807) is 19.4 Å². The Bertz CT molecular complexity index is 1140. The molecule has 37 heavy (non-hydrogen) atoms. The van der Waals surface area contributed by atoms with Gasteiger partial charge in [-0.2, -0.15) is 0 Å². The quantitative estimate of drug-likeness (QED) is 0.257. The molecule has 2 heterocycles. The third-order valence-corrected chi connectivity index (χ3v) is 7.85. The lowest BCUT2D eigenvalue weighted by Gasteiger charge is -2.39. The number of likely N-dealkylation sites (tertiary alicyclic amines) is 1. The molecule has 3 aromatic rings. The molecule has 2 aromatic carbocycles. The van der Waals surface area contributed by atoms with E-state index in [0.29, 0.717) is 36.0 Å². The second-order valence-corrected chi connectivity index (χ2v) is 10.3. The number of benzene rings is 2. The number of pyridine rings is 1. The van der Waals surface area contributed by atoms with Crippen LogP contribution in [-0.2, 0) is 11.2 Å². The van der Waals surface area contributed by atoms with Crippen molar-refractivity contribution in [2.45, 2.75) is 57.5 Å². The van der Waals surface area contributed by atoms with E-state index in [1.165, 1.54) is 5.56 Å². The number of methoxy groups -OCH3 is 1. The average molecular weight is 507 g/mol. The summed E-state index contributed by atoms with van der Waals surface area (Å²) in [7, 11) is 1.61. The summed E-state index contributed by atoms with van der Waals surface area (Å²) in [6.45, 7) is 2.96. The number of carboxylic acid groups (broad SMARTS) is 1. The zero-order valence-electron chi connectivity index (χ0n) is 21.8. The Hall–Kier alpha value is -2.99. The van der Waals surface area contributed by atoms with Crippen molar-refractivity contribution in [3.8, 4) is 5.75 Å². The van der Waals surface area contributed by atoms with E-state index < -0.39 is 12.1 Å². The third kappa shape index (κ3) is 7.75. The van der Waals surface area contributed by atoms with Gasteiger partial charge in [0.2, 0.25) is 0 Å². The van der Waals surface area contributed by atoms with Crippen molar-refractivity contribution < 1.29 is 19.0 Å². The van der Waals surface area contributed by atoms with E-state index >= 15 is 4.39 Å². The van der Waals surface area contributed by atoms with Crippen LogP contribution < -0.4 is 4.74 Å². The molecular weight excluding hydrogens is 467 g/mol. The summed E-state index contributed by atoms with van der Waals surface area (Å²) < 4.78 is 20.9. The molecule has 198 valence electrons. The normalized spacial score (nSPS) is 19.1. The van der Waals surface area contributed by atoms with Crippen LogP contribution in [0.25, 0.3) is 10.9 Å². The number of unbranched alkanes of at least 4 members (excludes halogenated alkanes) is 1. The first kappa shape index (κ1) is 27.1. The molecule has 3 atom stereocenters. The number of carbonyl (C=O) groups is 1. The van der Waals surface area contributed by atoms with E-state index in [4.69, 9.17) is 4.74 Å². The number of aliphatic carboxylic acids is 1. The summed E-state index contributed by atoms with van der Waals surface area (Å²) in [6.07, 6.45) is 6.99. The Kier molecular flexibility index (Phi) is 9.89.